The van der Waals surface area contributed by atoms with Gasteiger partial charge in [0, 0.05) is 0 Å². The number of phenols is 1. The van der Waals surface area contributed by atoms with Gasteiger partial charge in [-0.25, -0.2) is 0 Å². The van der Waals surface area contributed by atoms with Crippen molar-refractivity contribution >= 4 is 5.97 Å². The number of rotatable bonds is 5. The Morgan fingerprint density at radius 1 is 1.38 bits per heavy atom. The predicted octanol–water partition coefficient (Wildman–Crippen LogP) is -0.203. The van der Waals surface area contributed by atoms with Crippen LogP contribution < -0.4 is 5.73 Å². The Labute approximate surface area is 93.5 Å². The van der Waals surface area contributed by atoms with Crippen LogP contribution in [0.5, 0.6) is 5.75 Å². The molecule has 16 heavy (non-hydrogen) atoms. The number of aromatic hydroxyl groups is 1. The van der Waals surface area contributed by atoms with Crippen molar-refractivity contribution in [3.63, 3.8) is 0 Å². The third kappa shape index (κ3) is 3.88. The van der Waals surface area contributed by atoms with E-state index in [4.69, 9.17) is 15.9 Å². The van der Waals surface area contributed by atoms with Crippen molar-refractivity contribution in [2.45, 2.75) is 12.5 Å². The normalized spacial score (nSPS) is 12.1. The first kappa shape index (κ1) is 12.5. The second-order valence-corrected chi connectivity index (χ2v) is 3.37. The Morgan fingerprint density at radius 3 is 2.56 bits per heavy atom. The molecule has 0 spiro atoms. The van der Waals surface area contributed by atoms with Gasteiger partial charge < -0.3 is 20.7 Å². The van der Waals surface area contributed by atoms with E-state index in [0.717, 1.165) is 5.56 Å². The molecule has 0 aliphatic carbocycles. The van der Waals surface area contributed by atoms with Gasteiger partial charge in [0.15, 0.2) is 0 Å². The molecule has 5 nitrogen and oxygen atoms in total. The molecule has 0 aliphatic heterocycles. The summed E-state index contributed by atoms with van der Waals surface area (Å²) in [6.07, 6.45) is 0.338. The predicted molar refractivity (Wildman–Crippen MR) is 57.8 cm³/mol. The van der Waals surface area contributed by atoms with E-state index in [9.17, 15) is 4.79 Å². The van der Waals surface area contributed by atoms with Crippen LogP contribution in [-0.4, -0.2) is 35.4 Å². The molecule has 4 N–H and O–H groups in total. The van der Waals surface area contributed by atoms with Crippen LogP contribution >= 0.6 is 0 Å². The van der Waals surface area contributed by atoms with Gasteiger partial charge in [0.2, 0.25) is 0 Å². The maximum absolute atomic E-state index is 11.3. The molecule has 0 amide bonds. The molecule has 1 aromatic rings. The summed E-state index contributed by atoms with van der Waals surface area (Å²) < 4.78 is 4.69. The fourth-order valence-corrected chi connectivity index (χ4v) is 1.22. The van der Waals surface area contributed by atoms with Crippen molar-refractivity contribution in [2.75, 3.05) is 13.2 Å². The van der Waals surface area contributed by atoms with Crippen molar-refractivity contribution in [1.82, 2.24) is 0 Å². The largest absolute Gasteiger partial charge is 0.508 e. The van der Waals surface area contributed by atoms with Crippen molar-refractivity contribution in [2.24, 2.45) is 5.73 Å². The molecule has 0 aliphatic rings. The minimum Gasteiger partial charge on any atom is -0.508 e. The van der Waals surface area contributed by atoms with Crippen LogP contribution in [0.2, 0.25) is 0 Å². The standard InChI is InChI=1S/C11H15NO4/c12-10(11(15)16-6-5-13)7-8-1-3-9(14)4-2-8/h1-4,10,13-14H,5-7,12H2/t10-/m0/s1. The number of nitrogens with two attached hydrogens (primary N) is 1. The van der Waals surface area contributed by atoms with Gasteiger partial charge in [-0.05, 0) is 24.1 Å². The fraction of sp³-hybridized carbons (Fsp3) is 0.364. The molecular formula is C11H15NO4. The number of aliphatic hydroxyl groups is 1. The van der Waals surface area contributed by atoms with Gasteiger partial charge in [0.1, 0.15) is 18.4 Å². The first-order valence-electron chi connectivity index (χ1n) is 4.94. The number of aliphatic hydroxyl groups excluding tert-OH is 1. The first-order chi connectivity index (χ1) is 7.63. The van der Waals surface area contributed by atoms with E-state index in [1.807, 2.05) is 0 Å². The monoisotopic (exact) mass is 225 g/mol. The molecule has 0 aromatic heterocycles. The lowest BCUT2D eigenvalue weighted by Crippen LogP contribution is -2.34. The van der Waals surface area contributed by atoms with E-state index in [-0.39, 0.29) is 19.0 Å². The zero-order valence-corrected chi connectivity index (χ0v) is 8.80. The van der Waals surface area contributed by atoms with Gasteiger partial charge in [-0.3, -0.25) is 4.79 Å². The number of benzene rings is 1. The second kappa shape index (κ2) is 6.09. The highest BCUT2D eigenvalue weighted by molar-refractivity contribution is 5.75. The van der Waals surface area contributed by atoms with E-state index in [0.29, 0.717) is 6.42 Å². The fourth-order valence-electron chi connectivity index (χ4n) is 1.22. The number of esters is 1. The zero-order valence-electron chi connectivity index (χ0n) is 8.80. The molecule has 0 fully saturated rings. The second-order valence-electron chi connectivity index (χ2n) is 3.37. The highest BCUT2D eigenvalue weighted by Crippen LogP contribution is 2.11. The van der Waals surface area contributed by atoms with Crippen LogP contribution in [0.1, 0.15) is 5.56 Å². The van der Waals surface area contributed by atoms with Crippen LogP contribution in [0.4, 0.5) is 0 Å². The molecular weight excluding hydrogens is 210 g/mol. The number of ether oxygens (including phenoxy) is 1. The van der Waals surface area contributed by atoms with Crippen LogP contribution in [0.15, 0.2) is 24.3 Å². The minimum atomic E-state index is -0.754. The van der Waals surface area contributed by atoms with Gasteiger partial charge in [-0.15, -0.1) is 0 Å². The Hall–Kier alpha value is -1.59. The van der Waals surface area contributed by atoms with E-state index < -0.39 is 12.0 Å². The van der Waals surface area contributed by atoms with Crippen LogP contribution in [-0.2, 0) is 16.0 Å². The van der Waals surface area contributed by atoms with Gasteiger partial charge in [0.25, 0.3) is 0 Å². The summed E-state index contributed by atoms with van der Waals surface area (Å²) in [6, 6.07) is 5.68. The lowest BCUT2D eigenvalue weighted by atomic mass is 10.1. The number of hydrogen-bond acceptors (Lipinski definition) is 5. The Morgan fingerprint density at radius 2 is 2.00 bits per heavy atom. The quantitative estimate of drug-likeness (QED) is 0.603. The van der Waals surface area contributed by atoms with Crippen molar-refractivity contribution < 1.29 is 19.7 Å². The number of phenolic OH excluding ortho intramolecular Hbond substituents is 1. The Bertz CT molecular complexity index is 336. The molecule has 1 rings (SSSR count). The molecule has 1 atom stereocenters. The summed E-state index contributed by atoms with van der Waals surface area (Å²) in [7, 11) is 0. The molecule has 5 heteroatoms. The summed E-state index contributed by atoms with van der Waals surface area (Å²) >= 11 is 0. The molecule has 0 heterocycles. The van der Waals surface area contributed by atoms with E-state index in [1.54, 1.807) is 12.1 Å². The van der Waals surface area contributed by atoms with Crippen molar-refractivity contribution in [3.8, 4) is 5.75 Å². The summed E-state index contributed by atoms with van der Waals surface area (Å²) in [5.41, 5.74) is 6.45. The lowest BCUT2D eigenvalue weighted by Gasteiger charge is -2.10. The van der Waals surface area contributed by atoms with Crippen LogP contribution in [0, 0.1) is 0 Å². The van der Waals surface area contributed by atoms with Crippen LogP contribution in [0.25, 0.3) is 0 Å². The molecule has 0 unspecified atom stereocenters. The topological polar surface area (TPSA) is 92.8 Å². The summed E-state index contributed by atoms with van der Waals surface area (Å²) in [6.45, 7) is -0.250. The Kier molecular flexibility index (Phi) is 4.75. The molecule has 0 saturated heterocycles. The minimum absolute atomic E-state index is 0.0396. The van der Waals surface area contributed by atoms with Crippen molar-refractivity contribution in [3.05, 3.63) is 29.8 Å². The summed E-state index contributed by atoms with van der Waals surface area (Å²) in [5.74, 6) is -0.373. The molecule has 0 bridgehead atoms. The zero-order chi connectivity index (χ0) is 12.0. The number of carbonyl (C=O) groups is 1. The summed E-state index contributed by atoms with van der Waals surface area (Å²) in [5, 5.41) is 17.5. The Balaban J connectivity index is 2.47. The average molecular weight is 225 g/mol. The van der Waals surface area contributed by atoms with Gasteiger partial charge in [-0.1, -0.05) is 12.1 Å². The number of carbonyl (C=O) groups excluding carboxylic acids is 1. The third-order valence-corrected chi connectivity index (χ3v) is 2.03. The highest BCUT2D eigenvalue weighted by Gasteiger charge is 2.15. The van der Waals surface area contributed by atoms with E-state index in [1.165, 1.54) is 12.1 Å². The SMILES string of the molecule is N[C@@H](Cc1ccc(O)cc1)C(=O)OCCO. The maximum atomic E-state index is 11.3. The van der Waals surface area contributed by atoms with Gasteiger partial charge in [0.05, 0.1) is 6.61 Å². The number of hydrogen-bond donors (Lipinski definition) is 3. The van der Waals surface area contributed by atoms with E-state index in [2.05, 4.69) is 4.74 Å². The average Bonchev–Trinajstić information content (AvgIpc) is 2.29. The first-order valence-corrected chi connectivity index (χ1v) is 4.94. The van der Waals surface area contributed by atoms with Gasteiger partial charge >= 0.3 is 5.97 Å². The third-order valence-electron chi connectivity index (χ3n) is 2.03. The smallest absolute Gasteiger partial charge is 0.323 e. The molecule has 1 aromatic carbocycles. The molecule has 0 radical (unpaired) electrons. The van der Waals surface area contributed by atoms with E-state index >= 15 is 0 Å². The molecule has 88 valence electrons. The molecule has 0 saturated carbocycles. The lowest BCUT2D eigenvalue weighted by molar-refractivity contribution is -0.146. The van der Waals surface area contributed by atoms with Crippen LogP contribution in [0.3, 0.4) is 0 Å². The summed E-state index contributed by atoms with van der Waals surface area (Å²) in [4.78, 5) is 11.3. The maximum Gasteiger partial charge on any atom is 0.323 e. The highest BCUT2D eigenvalue weighted by atomic mass is 16.5. The van der Waals surface area contributed by atoms with Gasteiger partial charge in [-0.2, -0.15) is 0 Å². The van der Waals surface area contributed by atoms with Crippen molar-refractivity contribution in [1.29, 1.82) is 0 Å².